The molecule has 5 aromatic carbocycles. The van der Waals surface area contributed by atoms with E-state index < -0.39 is 22.0 Å². The molecular weight excluding hydrogens is 628 g/mol. The summed E-state index contributed by atoms with van der Waals surface area (Å²) in [5, 5.41) is 18.9. The van der Waals surface area contributed by atoms with E-state index in [1.807, 2.05) is 42.5 Å². The molecule has 3 N–H and O–H groups in total. The monoisotopic (exact) mass is 658 g/mol. The minimum absolute atomic E-state index is 0.0617. The third-order valence-electron chi connectivity index (χ3n) is 7.02. The molecule has 0 spiro atoms. The summed E-state index contributed by atoms with van der Waals surface area (Å²) in [5.41, 5.74) is 2.48. The van der Waals surface area contributed by atoms with Gasteiger partial charge in [0.25, 0.3) is 17.5 Å². The van der Waals surface area contributed by atoms with Gasteiger partial charge in [-0.25, -0.2) is 0 Å². The number of nitrogens with zero attached hydrogens (tertiary/aromatic N) is 1. The van der Waals surface area contributed by atoms with Gasteiger partial charge in [0.15, 0.2) is 0 Å². The van der Waals surface area contributed by atoms with Gasteiger partial charge in [0.2, 0.25) is 5.91 Å². The number of ether oxygens (including phenoxy) is 1. The van der Waals surface area contributed by atoms with Crippen LogP contribution in [-0.4, -0.2) is 29.8 Å². The van der Waals surface area contributed by atoms with E-state index in [0.29, 0.717) is 28.3 Å². The van der Waals surface area contributed by atoms with Gasteiger partial charge in [-0.05, 0) is 77.9 Å². The number of amides is 3. The van der Waals surface area contributed by atoms with Gasteiger partial charge in [0.05, 0.1) is 17.7 Å². The predicted octanol–water partition coefficient (Wildman–Crippen LogP) is 7.49. The first-order chi connectivity index (χ1) is 23.3. The van der Waals surface area contributed by atoms with Crippen molar-refractivity contribution in [3.05, 3.63) is 166 Å². The molecule has 0 radical (unpaired) electrons. The number of benzene rings is 5. The zero-order valence-corrected chi connectivity index (χ0v) is 26.5. The molecule has 11 heteroatoms. The number of hydrogen-bond acceptors (Lipinski definition) is 7. The number of rotatable bonds is 12. The maximum atomic E-state index is 13.5. The van der Waals surface area contributed by atoms with Crippen molar-refractivity contribution in [2.75, 3.05) is 17.7 Å². The number of nitro benzene ring substituents is 1. The van der Waals surface area contributed by atoms with Crippen LogP contribution >= 0.6 is 11.8 Å². The van der Waals surface area contributed by atoms with E-state index in [1.54, 1.807) is 73.8 Å². The summed E-state index contributed by atoms with van der Waals surface area (Å²) in [7, 11) is 1.54. The summed E-state index contributed by atoms with van der Waals surface area (Å²) in [6.45, 7) is 0. The van der Waals surface area contributed by atoms with Gasteiger partial charge in [0, 0.05) is 28.3 Å². The Kier molecular flexibility index (Phi) is 11.0. The van der Waals surface area contributed by atoms with Crippen molar-refractivity contribution < 1.29 is 24.0 Å². The van der Waals surface area contributed by atoms with Crippen molar-refractivity contribution in [3.63, 3.8) is 0 Å². The van der Waals surface area contributed by atoms with E-state index in [2.05, 4.69) is 16.0 Å². The lowest BCUT2D eigenvalue weighted by Crippen LogP contribution is -2.30. The van der Waals surface area contributed by atoms with Crippen LogP contribution in [0.3, 0.4) is 0 Å². The van der Waals surface area contributed by atoms with Crippen molar-refractivity contribution in [3.8, 4) is 5.75 Å². The van der Waals surface area contributed by atoms with Crippen LogP contribution in [0.2, 0.25) is 0 Å². The van der Waals surface area contributed by atoms with Gasteiger partial charge in [-0.1, -0.05) is 60.7 Å². The molecule has 0 aromatic heterocycles. The Bertz CT molecular complexity index is 1930. The highest BCUT2D eigenvalue weighted by Gasteiger charge is 2.23. The molecule has 0 bridgehead atoms. The van der Waals surface area contributed by atoms with Crippen molar-refractivity contribution in [2.45, 2.75) is 10.1 Å². The molecule has 0 aliphatic rings. The Morgan fingerprint density at radius 3 is 2.04 bits per heavy atom. The quantitative estimate of drug-likeness (QED) is 0.0546. The molecule has 0 fully saturated rings. The minimum atomic E-state index is -0.601. The van der Waals surface area contributed by atoms with Crippen LogP contribution in [0.5, 0.6) is 5.75 Å². The lowest BCUT2D eigenvalue weighted by molar-refractivity contribution is -0.384. The van der Waals surface area contributed by atoms with Crippen molar-refractivity contribution >= 4 is 52.6 Å². The molecular formula is C37H30N4O6S. The van der Waals surface area contributed by atoms with Crippen LogP contribution in [0.4, 0.5) is 17.1 Å². The fourth-order valence-corrected chi connectivity index (χ4v) is 5.62. The highest BCUT2D eigenvalue weighted by molar-refractivity contribution is 8.00. The number of para-hydroxylation sites is 2. The molecule has 5 rings (SSSR count). The molecule has 1 atom stereocenters. The van der Waals surface area contributed by atoms with Crippen LogP contribution in [0.1, 0.15) is 26.7 Å². The first-order valence-electron chi connectivity index (χ1n) is 14.7. The van der Waals surface area contributed by atoms with Crippen molar-refractivity contribution in [2.24, 2.45) is 0 Å². The molecule has 5 aromatic rings. The Morgan fingerprint density at radius 1 is 0.771 bits per heavy atom. The number of anilines is 2. The molecule has 240 valence electrons. The molecule has 0 heterocycles. The summed E-state index contributed by atoms with van der Waals surface area (Å²) in [6.07, 6.45) is 1.44. The van der Waals surface area contributed by atoms with Crippen LogP contribution in [0.15, 0.2) is 144 Å². The van der Waals surface area contributed by atoms with E-state index in [0.717, 1.165) is 10.5 Å². The van der Waals surface area contributed by atoms with E-state index in [-0.39, 0.29) is 17.3 Å². The summed E-state index contributed by atoms with van der Waals surface area (Å²) >= 11 is 1.35. The molecule has 10 nitrogen and oxygen atoms in total. The maximum absolute atomic E-state index is 13.5. The molecule has 48 heavy (non-hydrogen) atoms. The SMILES string of the molecule is COc1ccccc1NC(=O)C(Sc1ccc(NC(=O)/C(=C/c2ccc([N+](=O)[O-])cc2)NC(=O)c2ccccc2)cc1)c1ccccc1. The number of thioether (sulfide) groups is 1. The summed E-state index contributed by atoms with van der Waals surface area (Å²) in [5.74, 6) is -0.784. The number of carbonyl (C=O) groups excluding carboxylic acids is 3. The van der Waals surface area contributed by atoms with Gasteiger partial charge in [0.1, 0.15) is 16.7 Å². The van der Waals surface area contributed by atoms with Crippen LogP contribution in [0, 0.1) is 10.1 Å². The van der Waals surface area contributed by atoms with E-state index >= 15 is 0 Å². The molecule has 0 saturated carbocycles. The number of non-ortho nitro benzene ring substituents is 1. The third kappa shape index (κ3) is 8.74. The highest BCUT2D eigenvalue weighted by Crippen LogP contribution is 2.37. The minimum Gasteiger partial charge on any atom is -0.495 e. The average molecular weight is 659 g/mol. The van der Waals surface area contributed by atoms with Gasteiger partial charge >= 0.3 is 0 Å². The highest BCUT2D eigenvalue weighted by atomic mass is 32.2. The number of carbonyl (C=O) groups is 3. The van der Waals surface area contributed by atoms with E-state index in [1.165, 1.54) is 42.1 Å². The Morgan fingerprint density at radius 2 is 1.40 bits per heavy atom. The maximum Gasteiger partial charge on any atom is 0.272 e. The van der Waals surface area contributed by atoms with Gasteiger partial charge in [-0.2, -0.15) is 0 Å². The molecule has 0 aliphatic heterocycles. The number of nitrogens with one attached hydrogen (secondary N) is 3. The van der Waals surface area contributed by atoms with E-state index in [9.17, 15) is 24.5 Å². The second-order valence-electron chi connectivity index (χ2n) is 10.3. The van der Waals surface area contributed by atoms with Crippen molar-refractivity contribution in [1.29, 1.82) is 0 Å². The lowest BCUT2D eigenvalue weighted by atomic mass is 10.1. The number of hydrogen-bond donors (Lipinski definition) is 3. The van der Waals surface area contributed by atoms with Gasteiger partial charge in [-0.15, -0.1) is 11.8 Å². The zero-order valence-electron chi connectivity index (χ0n) is 25.7. The Labute approximate surface area is 281 Å². The first kappa shape index (κ1) is 33.2. The average Bonchev–Trinajstić information content (AvgIpc) is 3.12. The Balaban J connectivity index is 1.34. The standard InChI is InChI=1S/C37H30N4O6S/c1-47-33-15-9-8-14-31(33)39-37(44)34(26-10-4-2-5-11-26)48-30-22-18-28(19-23-30)38-36(43)32(40-35(42)27-12-6-3-7-13-27)24-25-16-20-29(21-17-25)41(45)46/h2-24,34H,1H3,(H,38,43)(H,39,44)(H,40,42)/b32-24-. The third-order valence-corrected chi connectivity index (χ3v) is 8.28. The number of nitro groups is 1. The molecule has 0 aliphatic carbocycles. The van der Waals surface area contributed by atoms with Crippen LogP contribution in [-0.2, 0) is 9.59 Å². The van der Waals surface area contributed by atoms with Crippen LogP contribution < -0.4 is 20.7 Å². The van der Waals surface area contributed by atoms with E-state index in [4.69, 9.17) is 4.74 Å². The topological polar surface area (TPSA) is 140 Å². The summed E-state index contributed by atoms with van der Waals surface area (Å²) in [4.78, 5) is 51.3. The summed E-state index contributed by atoms with van der Waals surface area (Å²) in [6, 6.07) is 37.6. The molecule has 1 unspecified atom stereocenters. The Hall–Kier alpha value is -6.20. The van der Waals surface area contributed by atoms with Crippen molar-refractivity contribution in [1.82, 2.24) is 5.32 Å². The van der Waals surface area contributed by atoms with Gasteiger partial charge < -0.3 is 20.7 Å². The second kappa shape index (κ2) is 15.9. The molecule has 3 amide bonds. The van der Waals surface area contributed by atoms with Gasteiger partial charge in [-0.3, -0.25) is 24.5 Å². The fraction of sp³-hybridized carbons (Fsp3) is 0.0541. The normalized spacial score (nSPS) is 11.6. The zero-order chi connectivity index (χ0) is 33.9. The number of methoxy groups -OCH3 is 1. The fourth-order valence-electron chi connectivity index (χ4n) is 4.60. The lowest BCUT2D eigenvalue weighted by Gasteiger charge is -2.18. The van der Waals surface area contributed by atoms with Crippen LogP contribution in [0.25, 0.3) is 6.08 Å². The predicted molar refractivity (Wildman–Crippen MR) is 187 cm³/mol. The largest absolute Gasteiger partial charge is 0.495 e. The summed E-state index contributed by atoms with van der Waals surface area (Å²) < 4.78 is 5.39. The smallest absolute Gasteiger partial charge is 0.272 e. The first-order valence-corrected chi connectivity index (χ1v) is 15.6. The molecule has 0 saturated heterocycles. The second-order valence-corrected chi connectivity index (χ2v) is 11.5.